The van der Waals surface area contributed by atoms with Gasteiger partial charge in [-0.05, 0) is 23.8 Å². The number of benzene rings is 1. The number of morpholine rings is 1. The summed E-state index contributed by atoms with van der Waals surface area (Å²) < 4.78 is 52.8. The number of ether oxygens (including phenoxy) is 2. The van der Waals surface area contributed by atoms with Crippen molar-refractivity contribution in [1.29, 1.82) is 0 Å². The molecule has 48 heavy (non-hydrogen) atoms. The molecule has 0 unspecified atom stereocenters. The van der Waals surface area contributed by atoms with Crippen LogP contribution in [0.15, 0.2) is 36.8 Å². The molecule has 0 aliphatic carbocycles. The number of hydrogen-bond donors (Lipinski definition) is 3. The number of methoxy groups -OCH3 is 1. The third kappa shape index (κ3) is 7.74. The summed E-state index contributed by atoms with van der Waals surface area (Å²) in [6.07, 6.45) is 5.28. The highest BCUT2D eigenvalue weighted by Gasteiger charge is 2.24. The number of rotatable bonds is 10. The predicted octanol–water partition coefficient (Wildman–Crippen LogP) is 1.27. The molecular weight excluding hydrogens is 647 g/mol. The van der Waals surface area contributed by atoms with Gasteiger partial charge in [0.05, 0.1) is 49.9 Å². The molecule has 0 atom stereocenters. The Labute approximate surface area is 276 Å². The van der Waals surface area contributed by atoms with Crippen molar-refractivity contribution in [2.24, 2.45) is 0 Å². The molecule has 5 heterocycles. The summed E-state index contributed by atoms with van der Waals surface area (Å²) in [7, 11) is -2.27. The molecule has 0 radical (unpaired) electrons. The number of fused-ring (bicyclic) bond motifs is 1. The molecule has 16 nitrogen and oxygen atoms in total. The molecule has 6 rings (SSSR count). The number of aromatic nitrogens is 5. The second-order valence-corrected chi connectivity index (χ2v) is 13.2. The van der Waals surface area contributed by atoms with Crippen LogP contribution in [0, 0.1) is 5.82 Å². The molecule has 18 heteroatoms. The van der Waals surface area contributed by atoms with Gasteiger partial charge in [0.25, 0.3) is 5.91 Å². The third-order valence-corrected chi connectivity index (χ3v) is 8.62. The highest BCUT2D eigenvalue weighted by molar-refractivity contribution is 7.92. The van der Waals surface area contributed by atoms with Crippen molar-refractivity contribution < 1.29 is 32.3 Å². The fraction of sp³-hybridized carbons (Fsp3) is 0.400. The predicted molar refractivity (Wildman–Crippen MR) is 173 cm³/mol. The summed E-state index contributed by atoms with van der Waals surface area (Å²) in [6, 6.07) is 4.45. The topological polar surface area (TPSA) is 188 Å². The van der Waals surface area contributed by atoms with Crippen molar-refractivity contribution in [3.63, 3.8) is 0 Å². The van der Waals surface area contributed by atoms with Gasteiger partial charge in [0, 0.05) is 75.4 Å². The van der Waals surface area contributed by atoms with Gasteiger partial charge < -0.3 is 14.4 Å². The first kappa shape index (κ1) is 33.3. The fourth-order valence-electron chi connectivity index (χ4n) is 5.68. The van der Waals surface area contributed by atoms with Gasteiger partial charge in [-0.15, -0.1) is 0 Å². The SMILES string of the molecule is COc1ncc(-c2nc(N3CCOCC3)nc3c(CN4CCN(Cc5ncc(C(=O)NO)cn5)CC4)cc(F)cc23)cc1NS(C)(=O)=O. The summed E-state index contributed by atoms with van der Waals surface area (Å²) in [4.78, 5) is 40.5. The number of hydroxylamine groups is 1. The van der Waals surface area contributed by atoms with Crippen LogP contribution in [0.1, 0.15) is 21.7 Å². The molecule has 0 spiro atoms. The van der Waals surface area contributed by atoms with E-state index in [-0.39, 0.29) is 17.1 Å². The molecule has 3 aromatic heterocycles. The average Bonchev–Trinajstić information content (AvgIpc) is 3.08. The smallest absolute Gasteiger partial charge is 0.277 e. The number of nitrogens with one attached hydrogen (secondary N) is 2. The van der Waals surface area contributed by atoms with Crippen molar-refractivity contribution in [3.8, 4) is 17.1 Å². The van der Waals surface area contributed by atoms with E-state index in [2.05, 4.69) is 29.5 Å². The Morgan fingerprint density at radius 2 is 1.67 bits per heavy atom. The van der Waals surface area contributed by atoms with E-state index in [9.17, 15) is 13.2 Å². The van der Waals surface area contributed by atoms with Gasteiger partial charge in [-0.2, -0.15) is 0 Å². The number of sulfonamides is 1. The molecule has 0 bridgehead atoms. The third-order valence-electron chi connectivity index (χ3n) is 8.03. The van der Waals surface area contributed by atoms with Gasteiger partial charge in [-0.3, -0.25) is 24.5 Å². The van der Waals surface area contributed by atoms with Crippen LogP contribution in [0.25, 0.3) is 22.2 Å². The average molecular weight is 683 g/mol. The lowest BCUT2D eigenvalue weighted by Crippen LogP contribution is -2.45. The molecule has 0 saturated carbocycles. The second kappa shape index (κ2) is 14.2. The van der Waals surface area contributed by atoms with Crippen LogP contribution in [0.3, 0.4) is 0 Å². The maximum Gasteiger partial charge on any atom is 0.277 e. The largest absolute Gasteiger partial charge is 0.480 e. The van der Waals surface area contributed by atoms with E-state index in [4.69, 9.17) is 24.6 Å². The molecule has 3 N–H and O–H groups in total. The van der Waals surface area contributed by atoms with Crippen LogP contribution in [0.5, 0.6) is 5.88 Å². The molecule has 1 amide bonds. The summed E-state index contributed by atoms with van der Waals surface area (Å²) >= 11 is 0. The van der Waals surface area contributed by atoms with Crippen LogP contribution >= 0.6 is 0 Å². The Morgan fingerprint density at radius 3 is 2.31 bits per heavy atom. The van der Waals surface area contributed by atoms with Gasteiger partial charge in [-0.1, -0.05) is 0 Å². The first-order chi connectivity index (χ1) is 23.1. The van der Waals surface area contributed by atoms with Crippen LogP contribution < -0.4 is 19.8 Å². The van der Waals surface area contributed by atoms with E-state index in [0.29, 0.717) is 105 Å². The Hall–Kier alpha value is -4.62. The zero-order valence-corrected chi connectivity index (χ0v) is 27.2. The molecule has 2 fully saturated rings. The van der Waals surface area contributed by atoms with Gasteiger partial charge in [0.15, 0.2) is 0 Å². The maximum atomic E-state index is 15.3. The lowest BCUT2D eigenvalue weighted by atomic mass is 10.0. The number of halogens is 1. The number of pyridine rings is 1. The highest BCUT2D eigenvalue weighted by atomic mass is 32.2. The molecule has 2 saturated heterocycles. The summed E-state index contributed by atoms with van der Waals surface area (Å²) in [6.45, 7) is 5.91. The summed E-state index contributed by atoms with van der Waals surface area (Å²) in [5.74, 6) is -0.0405. The number of nitrogens with zero attached hydrogens (tertiary/aromatic N) is 8. The van der Waals surface area contributed by atoms with Crippen LogP contribution in [-0.4, -0.2) is 120 Å². The minimum absolute atomic E-state index is 0.0830. The first-order valence-corrected chi connectivity index (χ1v) is 17.0. The minimum atomic E-state index is -3.66. The number of hydrogen-bond acceptors (Lipinski definition) is 14. The lowest BCUT2D eigenvalue weighted by molar-refractivity contribution is 0.0705. The van der Waals surface area contributed by atoms with Crippen molar-refractivity contribution in [1.82, 2.24) is 40.2 Å². The van der Waals surface area contributed by atoms with E-state index < -0.39 is 21.7 Å². The number of piperazine rings is 1. The van der Waals surface area contributed by atoms with Crippen molar-refractivity contribution in [2.45, 2.75) is 13.1 Å². The maximum absolute atomic E-state index is 15.3. The monoisotopic (exact) mass is 682 g/mol. The molecular formula is C30H35FN10O6S. The standard InChI is InChI=1S/C30H35FN10O6S/c1-46-29-24(38-48(2,44)45)12-19(14-34-29)26-23-13-22(31)11-20(27(23)36-30(35-26)41-7-9-47-10-8-41)17-39-3-5-40(6-4-39)18-25-32-15-21(16-33-25)28(42)37-43/h11-16,38,43H,3-10,17-18H2,1-2H3,(H,37,42). The first-order valence-electron chi connectivity index (χ1n) is 15.2. The second-order valence-electron chi connectivity index (χ2n) is 11.5. The van der Waals surface area contributed by atoms with Crippen LogP contribution in [0.2, 0.25) is 0 Å². The number of amides is 1. The van der Waals surface area contributed by atoms with Gasteiger partial charge in [-0.25, -0.2) is 43.2 Å². The Morgan fingerprint density at radius 1 is 0.979 bits per heavy atom. The summed E-state index contributed by atoms with van der Waals surface area (Å²) in [5.41, 5.74) is 3.98. The Balaban J connectivity index is 1.29. The molecule has 4 aromatic rings. The number of carbonyl (C=O) groups is 1. The minimum Gasteiger partial charge on any atom is -0.480 e. The van der Waals surface area contributed by atoms with E-state index in [0.717, 1.165) is 6.26 Å². The van der Waals surface area contributed by atoms with E-state index >= 15 is 4.39 Å². The van der Waals surface area contributed by atoms with E-state index in [1.165, 1.54) is 37.8 Å². The van der Waals surface area contributed by atoms with Crippen LogP contribution in [0.4, 0.5) is 16.0 Å². The van der Waals surface area contributed by atoms with E-state index in [1.54, 1.807) is 11.5 Å². The van der Waals surface area contributed by atoms with Crippen molar-refractivity contribution >= 4 is 38.5 Å². The summed E-state index contributed by atoms with van der Waals surface area (Å²) in [5, 5.41) is 9.26. The van der Waals surface area contributed by atoms with Crippen LogP contribution in [-0.2, 0) is 27.8 Å². The number of anilines is 2. The number of carbonyl (C=O) groups excluding carboxylic acids is 1. The zero-order valence-electron chi connectivity index (χ0n) is 26.4. The Bertz CT molecular complexity index is 1900. The van der Waals surface area contributed by atoms with Crippen molar-refractivity contribution in [2.75, 3.05) is 75.5 Å². The highest BCUT2D eigenvalue weighted by Crippen LogP contribution is 2.35. The van der Waals surface area contributed by atoms with Gasteiger partial charge >= 0.3 is 0 Å². The normalized spacial score (nSPS) is 16.2. The van der Waals surface area contributed by atoms with Gasteiger partial charge in [0.2, 0.25) is 21.9 Å². The lowest BCUT2D eigenvalue weighted by Gasteiger charge is -2.34. The molecule has 2 aliphatic heterocycles. The molecule has 2 aliphatic rings. The molecule has 254 valence electrons. The zero-order chi connectivity index (χ0) is 33.8. The van der Waals surface area contributed by atoms with Gasteiger partial charge in [0.1, 0.15) is 17.3 Å². The van der Waals surface area contributed by atoms with Crippen molar-refractivity contribution in [3.05, 3.63) is 59.6 Å². The molecule has 1 aromatic carbocycles. The fourth-order valence-corrected chi connectivity index (χ4v) is 6.23. The van der Waals surface area contributed by atoms with E-state index in [1.807, 2.05) is 4.90 Å². The quantitative estimate of drug-likeness (QED) is 0.160. The Kier molecular flexibility index (Phi) is 9.88.